The van der Waals surface area contributed by atoms with Crippen LogP contribution in [0.25, 0.3) is 10.2 Å². The van der Waals surface area contributed by atoms with Crippen molar-refractivity contribution in [3.05, 3.63) is 130 Å². The molecule has 0 saturated carbocycles. The Morgan fingerprint density at radius 1 is 1.02 bits per heavy atom. The summed E-state index contributed by atoms with van der Waals surface area (Å²) < 4.78 is 42.9. The number of benzene rings is 4. The lowest BCUT2D eigenvalue weighted by Gasteiger charge is -2.26. The maximum atomic E-state index is 13.9. The number of carbonyl (C=O) groups excluding carboxylic acids is 1. The number of halogens is 1. The van der Waals surface area contributed by atoms with E-state index in [1.165, 1.54) is 77.2 Å². The second-order valence-corrected chi connectivity index (χ2v) is 12.9. The van der Waals surface area contributed by atoms with Crippen molar-refractivity contribution in [1.82, 2.24) is 9.29 Å². The molecule has 0 bridgehead atoms. The normalized spacial score (nSPS) is 11.9. The summed E-state index contributed by atoms with van der Waals surface area (Å²) in [5.41, 5.74) is 1.82. The van der Waals surface area contributed by atoms with E-state index < -0.39 is 26.7 Å². The first-order valence-corrected chi connectivity index (χ1v) is 15.6. The minimum Gasteiger partial charge on any atom is -0.267 e. The molecule has 44 heavy (non-hydrogen) atoms. The van der Waals surface area contributed by atoms with Crippen LogP contribution in [0.5, 0.6) is 0 Å². The third-order valence-corrected chi connectivity index (χ3v) is 9.63. The van der Waals surface area contributed by atoms with Crippen molar-refractivity contribution in [2.45, 2.75) is 31.3 Å². The molecular formula is C31H26FN5O5S2. The van der Waals surface area contributed by atoms with Gasteiger partial charge >= 0.3 is 0 Å². The minimum absolute atomic E-state index is 0.0232. The highest BCUT2D eigenvalue weighted by Crippen LogP contribution is 2.31. The Hall–Kier alpha value is -4.85. The molecule has 0 radical (unpaired) electrons. The topological polar surface area (TPSA) is 126 Å². The number of amides is 1. The fourth-order valence-electron chi connectivity index (χ4n) is 4.31. The molecule has 5 rings (SSSR count). The van der Waals surface area contributed by atoms with E-state index in [1.54, 1.807) is 13.8 Å². The number of hydrogen-bond acceptors (Lipinski definition) is 8. The van der Waals surface area contributed by atoms with Crippen LogP contribution < -0.4 is 5.01 Å². The van der Waals surface area contributed by atoms with E-state index in [4.69, 9.17) is 0 Å². The number of hydrogen-bond donors (Lipinski definition) is 0. The van der Waals surface area contributed by atoms with E-state index in [0.717, 1.165) is 21.9 Å². The first-order chi connectivity index (χ1) is 21.0. The molecule has 0 atom stereocenters. The van der Waals surface area contributed by atoms with E-state index >= 15 is 0 Å². The number of sulfonamides is 1. The van der Waals surface area contributed by atoms with Gasteiger partial charge in [0, 0.05) is 30.3 Å². The van der Waals surface area contributed by atoms with Crippen LogP contribution in [-0.2, 0) is 16.6 Å². The molecule has 1 aromatic heterocycles. The van der Waals surface area contributed by atoms with Gasteiger partial charge in [0.15, 0.2) is 0 Å². The van der Waals surface area contributed by atoms with Gasteiger partial charge in [0.05, 0.1) is 26.3 Å². The zero-order valence-electron chi connectivity index (χ0n) is 23.6. The summed E-state index contributed by atoms with van der Waals surface area (Å²) in [7, 11) is -3.91. The number of nitro benzene ring substituents is 1. The number of thiazole rings is 1. The second kappa shape index (κ2) is 12.8. The number of aromatic nitrogens is 1. The first-order valence-electron chi connectivity index (χ1n) is 13.4. The first kappa shape index (κ1) is 30.6. The lowest BCUT2D eigenvalue weighted by Crippen LogP contribution is -2.36. The van der Waals surface area contributed by atoms with Crippen LogP contribution in [0.1, 0.15) is 35.3 Å². The average molecular weight is 632 g/mol. The quantitative estimate of drug-likeness (QED) is 0.0968. The summed E-state index contributed by atoms with van der Waals surface area (Å²) in [6, 6.07) is 24.1. The van der Waals surface area contributed by atoms with Gasteiger partial charge in [-0.3, -0.25) is 14.9 Å². The van der Waals surface area contributed by atoms with Gasteiger partial charge in [0.25, 0.3) is 11.6 Å². The molecule has 4 aromatic carbocycles. The smallest absolute Gasteiger partial charge is 0.267 e. The number of non-ortho nitro benzene ring substituents is 1. The van der Waals surface area contributed by atoms with E-state index in [0.29, 0.717) is 15.8 Å². The zero-order valence-corrected chi connectivity index (χ0v) is 25.2. The summed E-state index contributed by atoms with van der Waals surface area (Å²) in [5, 5.41) is 16.5. The molecule has 1 heterocycles. The van der Waals surface area contributed by atoms with Crippen molar-refractivity contribution in [2.24, 2.45) is 5.10 Å². The van der Waals surface area contributed by atoms with Crippen LogP contribution in [0.3, 0.4) is 0 Å². The molecule has 10 nitrogen and oxygen atoms in total. The Kier molecular flexibility index (Phi) is 8.90. The molecule has 0 unspecified atom stereocenters. The molecule has 0 aliphatic rings. The zero-order chi connectivity index (χ0) is 31.4. The lowest BCUT2D eigenvalue weighted by atomic mass is 10.2. The predicted octanol–water partition coefficient (Wildman–Crippen LogP) is 6.62. The number of nitro groups is 1. The molecule has 0 aliphatic carbocycles. The van der Waals surface area contributed by atoms with Gasteiger partial charge in [-0.05, 0) is 79.6 Å². The van der Waals surface area contributed by atoms with Gasteiger partial charge in [0.1, 0.15) is 5.82 Å². The highest BCUT2D eigenvalue weighted by atomic mass is 32.2. The predicted molar refractivity (Wildman–Crippen MR) is 168 cm³/mol. The molecule has 0 saturated heterocycles. The number of hydrazone groups is 1. The lowest BCUT2D eigenvalue weighted by molar-refractivity contribution is -0.384. The second-order valence-electron chi connectivity index (χ2n) is 9.97. The Labute approximate surface area is 256 Å². The summed E-state index contributed by atoms with van der Waals surface area (Å²) in [5.74, 6) is -1.07. The van der Waals surface area contributed by atoms with E-state index in [1.807, 2.05) is 30.3 Å². The molecule has 1 amide bonds. The fourth-order valence-corrected chi connectivity index (χ4v) is 6.88. The summed E-state index contributed by atoms with van der Waals surface area (Å²) in [6.45, 7) is 3.77. The number of fused-ring (bicyclic) bond motifs is 1. The Bertz CT molecular complexity index is 1950. The van der Waals surface area contributed by atoms with Gasteiger partial charge < -0.3 is 0 Å². The maximum absolute atomic E-state index is 13.9. The maximum Gasteiger partial charge on any atom is 0.280 e. The van der Waals surface area contributed by atoms with Gasteiger partial charge in [-0.15, -0.1) is 0 Å². The number of anilines is 1. The van der Waals surface area contributed by atoms with E-state index in [9.17, 15) is 27.7 Å². The Balaban J connectivity index is 1.46. The van der Waals surface area contributed by atoms with E-state index in [2.05, 4.69) is 10.1 Å². The van der Waals surface area contributed by atoms with Gasteiger partial charge in [-0.2, -0.15) is 14.4 Å². The summed E-state index contributed by atoms with van der Waals surface area (Å²) in [6.07, 6.45) is 1.34. The van der Waals surface area contributed by atoms with Crippen LogP contribution >= 0.6 is 11.3 Å². The molecule has 224 valence electrons. The van der Waals surface area contributed by atoms with E-state index in [-0.39, 0.29) is 33.9 Å². The Morgan fingerprint density at radius 2 is 1.70 bits per heavy atom. The highest BCUT2D eigenvalue weighted by molar-refractivity contribution is 7.89. The fraction of sp³-hybridized carbons (Fsp3) is 0.129. The summed E-state index contributed by atoms with van der Waals surface area (Å²) in [4.78, 5) is 28.7. The number of nitrogens with zero attached hydrogens (tertiary/aromatic N) is 5. The highest BCUT2D eigenvalue weighted by Gasteiger charge is 2.28. The molecular weight excluding hydrogens is 606 g/mol. The van der Waals surface area contributed by atoms with Crippen molar-refractivity contribution >= 4 is 54.5 Å². The summed E-state index contributed by atoms with van der Waals surface area (Å²) >= 11 is 1.05. The molecule has 0 aliphatic heterocycles. The third kappa shape index (κ3) is 6.70. The average Bonchev–Trinajstić information content (AvgIpc) is 3.43. The molecule has 0 fully saturated rings. The van der Waals surface area contributed by atoms with Gasteiger partial charge in [0.2, 0.25) is 15.2 Å². The molecule has 0 N–H and O–H groups in total. The van der Waals surface area contributed by atoms with Crippen LogP contribution in [0, 0.1) is 15.9 Å². The SMILES string of the molecule is CC(C)N(Cc1ccccc1)S(=O)(=O)c1ccc(C(=O)N(/N=C/c2ccc([N+](=O)[O-])cc2)c2nc3ccc(F)cc3s2)cc1. The van der Waals surface area contributed by atoms with Crippen LogP contribution in [-0.4, -0.2) is 40.8 Å². The molecule has 5 aromatic rings. The van der Waals surface area contributed by atoms with Crippen molar-refractivity contribution in [3.63, 3.8) is 0 Å². The largest absolute Gasteiger partial charge is 0.280 e. The number of carbonyl (C=O) groups is 1. The van der Waals surface area contributed by atoms with Crippen molar-refractivity contribution in [3.8, 4) is 0 Å². The van der Waals surface area contributed by atoms with Crippen LogP contribution in [0.15, 0.2) is 107 Å². The monoisotopic (exact) mass is 631 g/mol. The van der Waals surface area contributed by atoms with Crippen molar-refractivity contribution in [2.75, 3.05) is 5.01 Å². The van der Waals surface area contributed by atoms with Crippen molar-refractivity contribution < 1.29 is 22.5 Å². The Morgan fingerprint density at radius 3 is 2.34 bits per heavy atom. The molecule has 0 spiro atoms. The van der Waals surface area contributed by atoms with Crippen molar-refractivity contribution in [1.29, 1.82) is 0 Å². The minimum atomic E-state index is -3.91. The van der Waals surface area contributed by atoms with Gasteiger partial charge in [-0.25, -0.2) is 17.8 Å². The van der Waals surface area contributed by atoms with Crippen LogP contribution in [0.2, 0.25) is 0 Å². The third-order valence-electron chi connectivity index (χ3n) is 6.60. The standard InChI is InChI=1S/C31H26FN5O5S2/c1-21(2)35(20-23-6-4-3-5-7-23)44(41,42)27-15-10-24(11-16-27)30(38)36(31-34-28-17-12-25(32)18-29(28)43-31)33-19-22-8-13-26(14-9-22)37(39)40/h3-19,21H,20H2,1-2H3/b33-19+. The molecule has 13 heteroatoms. The van der Waals surface area contributed by atoms with Crippen LogP contribution in [0.4, 0.5) is 15.2 Å². The van der Waals surface area contributed by atoms with Gasteiger partial charge in [-0.1, -0.05) is 41.7 Å². The number of rotatable bonds is 10.